The molecule has 0 amide bonds. The first-order valence-electron chi connectivity index (χ1n) is 6.27. The number of halogens is 1. The van der Waals surface area contributed by atoms with E-state index >= 15 is 0 Å². The van der Waals surface area contributed by atoms with Gasteiger partial charge in [-0.1, -0.05) is 31.1 Å². The molecular formula is C12H18ClN5O. The maximum Gasteiger partial charge on any atom is 0.248 e. The van der Waals surface area contributed by atoms with Gasteiger partial charge in [0.1, 0.15) is 6.54 Å². The fourth-order valence-electron chi connectivity index (χ4n) is 1.54. The lowest BCUT2D eigenvalue weighted by molar-refractivity contribution is 0.352. The van der Waals surface area contributed by atoms with Crippen LogP contribution < -0.4 is 0 Å². The van der Waals surface area contributed by atoms with Crippen LogP contribution in [0.25, 0.3) is 0 Å². The molecule has 0 saturated heterocycles. The van der Waals surface area contributed by atoms with Crippen molar-refractivity contribution in [1.82, 2.24) is 25.1 Å². The third kappa shape index (κ3) is 3.76. The molecule has 0 bridgehead atoms. The summed E-state index contributed by atoms with van der Waals surface area (Å²) in [5.74, 6) is 1.87. The second kappa shape index (κ2) is 5.69. The highest BCUT2D eigenvalue weighted by Gasteiger charge is 2.21. The number of hydrogen-bond acceptors (Lipinski definition) is 5. The molecule has 2 rings (SSSR count). The first-order chi connectivity index (χ1) is 8.99. The van der Waals surface area contributed by atoms with Crippen LogP contribution in [-0.2, 0) is 18.4 Å². The molecule has 2 aromatic heterocycles. The molecule has 0 unspecified atom stereocenters. The van der Waals surface area contributed by atoms with Crippen LogP contribution in [0.3, 0.4) is 0 Å². The van der Waals surface area contributed by atoms with Crippen molar-refractivity contribution >= 4 is 11.6 Å². The molecule has 0 aromatic carbocycles. The SMILES string of the molecule is CC(C)(C)c1noc(Cn2cc(CCCCl)nn2)n1. The number of rotatable bonds is 5. The lowest BCUT2D eigenvalue weighted by atomic mass is 9.96. The van der Waals surface area contributed by atoms with Crippen molar-refractivity contribution in [2.24, 2.45) is 0 Å². The Balaban J connectivity index is 2.01. The van der Waals surface area contributed by atoms with Crippen LogP contribution in [0.2, 0.25) is 0 Å². The Labute approximate surface area is 117 Å². The number of aryl methyl sites for hydroxylation is 1. The lowest BCUT2D eigenvalue weighted by Crippen LogP contribution is -2.13. The van der Waals surface area contributed by atoms with E-state index in [1.807, 2.05) is 27.0 Å². The third-order valence-electron chi connectivity index (χ3n) is 2.59. The van der Waals surface area contributed by atoms with E-state index in [4.69, 9.17) is 16.1 Å². The average molecular weight is 284 g/mol. The smallest absolute Gasteiger partial charge is 0.248 e. The summed E-state index contributed by atoms with van der Waals surface area (Å²) in [5.41, 5.74) is 0.812. The molecule has 0 atom stereocenters. The van der Waals surface area contributed by atoms with Crippen LogP contribution in [0, 0.1) is 0 Å². The van der Waals surface area contributed by atoms with Crippen molar-refractivity contribution < 1.29 is 4.52 Å². The van der Waals surface area contributed by atoms with Gasteiger partial charge in [-0.15, -0.1) is 16.7 Å². The summed E-state index contributed by atoms with van der Waals surface area (Å²) >= 11 is 5.65. The number of alkyl halides is 1. The summed E-state index contributed by atoms with van der Waals surface area (Å²) in [4.78, 5) is 4.36. The summed E-state index contributed by atoms with van der Waals surface area (Å²) in [5, 5.41) is 12.1. The largest absolute Gasteiger partial charge is 0.337 e. The fraction of sp³-hybridized carbons (Fsp3) is 0.667. The summed E-state index contributed by atoms with van der Waals surface area (Å²) in [6.45, 7) is 6.57. The Kier molecular flexibility index (Phi) is 4.19. The second-order valence-corrected chi connectivity index (χ2v) is 5.84. The van der Waals surface area contributed by atoms with Gasteiger partial charge in [0.25, 0.3) is 0 Å². The number of nitrogens with zero attached hydrogens (tertiary/aromatic N) is 5. The van der Waals surface area contributed by atoms with Gasteiger partial charge in [-0.2, -0.15) is 4.98 Å². The number of hydrogen-bond donors (Lipinski definition) is 0. The van der Waals surface area contributed by atoms with Gasteiger partial charge in [-0.05, 0) is 12.8 Å². The summed E-state index contributed by atoms with van der Waals surface area (Å²) in [6, 6.07) is 0. The minimum atomic E-state index is -0.115. The van der Waals surface area contributed by atoms with Crippen LogP contribution in [0.4, 0.5) is 0 Å². The van der Waals surface area contributed by atoms with Crippen molar-refractivity contribution in [3.8, 4) is 0 Å². The van der Waals surface area contributed by atoms with Crippen LogP contribution >= 0.6 is 11.6 Å². The van der Waals surface area contributed by atoms with Gasteiger partial charge in [0.05, 0.1) is 5.69 Å². The van der Waals surface area contributed by atoms with Gasteiger partial charge in [0.15, 0.2) is 5.82 Å². The van der Waals surface area contributed by atoms with E-state index in [1.165, 1.54) is 0 Å². The maximum atomic E-state index is 5.65. The predicted molar refractivity (Wildman–Crippen MR) is 71.2 cm³/mol. The van der Waals surface area contributed by atoms with E-state index in [1.54, 1.807) is 4.68 Å². The Bertz CT molecular complexity index is 528. The standard InChI is InChI=1S/C12H18ClN5O/c1-12(2,3)11-14-10(19-16-11)8-18-7-9(15-17-18)5-4-6-13/h7H,4-6,8H2,1-3H3. The molecular weight excluding hydrogens is 266 g/mol. The van der Waals surface area contributed by atoms with E-state index in [0.717, 1.165) is 18.5 Å². The fourth-order valence-corrected chi connectivity index (χ4v) is 1.67. The van der Waals surface area contributed by atoms with Crippen molar-refractivity contribution in [2.45, 2.75) is 45.6 Å². The Morgan fingerprint density at radius 3 is 2.79 bits per heavy atom. The average Bonchev–Trinajstić information content (AvgIpc) is 2.95. The van der Waals surface area contributed by atoms with Crippen LogP contribution in [0.5, 0.6) is 0 Å². The van der Waals surface area contributed by atoms with E-state index in [-0.39, 0.29) is 5.41 Å². The highest BCUT2D eigenvalue weighted by atomic mass is 35.5. The van der Waals surface area contributed by atoms with Crippen molar-refractivity contribution in [2.75, 3.05) is 5.88 Å². The van der Waals surface area contributed by atoms with E-state index < -0.39 is 0 Å². The van der Waals surface area contributed by atoms with Gasteiger partial charge in [-0.25, -0.2) is 4.68 Å². The van der Waals surface area contributed by atoms with Gasteiger partial charge >= 0.3 is 0 Å². The van der Waals surface area contributed by atoms with Gasteiger partial charge in [0, 0.05) is 17.5 Å². The molecule has 2 aromatic rings. The molecule has 0 aliphatic heterocycles. The molecule has 19 heavy (non-hydrogen) atoms. The molecule has 2 heterocycles. The summed E-state index contributed by atoms with van der Waals surface area (Å²) in [7, 11) is 0. The zero-order chi connectivity index (χ0) is 13.9. The highest BCUT2D eigenvalue weighted by Crippen LogP contribution is 2.18. The molecule has 6 nitrogen and oxygen atoms in total. The van der Waals surface area contributed by atoms with Crippen LogP contribution in [0.1, 0.15) is 44.6 Å². The Morgan fingerprint density at radius 1 is 1.37 bits per heavy atom. The van der Waals surface area contributed by atoms with Crippen molar-refractivity contribution in [3.63, 3.8) is 0 Å². The van der Waals surface area contributed by atoms with E-state index in [0.29, 0.717) is 24.1 Å². The molecule has 0 aliphatic rings. The highest BCUT2D eigenvalue weighted by molar-refractivity contribution is 6.17. The Hall–Kier alpha value is -1.43. The predicted octanol–water partition coefficient (Wildman–Crippen LogP) is 2.18. The summed E-state index contributed by atoms with van der Waals surface area (Å²) < 4.78 is 6.91. The van der Waals surface area contributed by atoms with Gasteiger partial charge < -0.3 is 4.52 Å². The van der Waals surface area contributed by atoms with Crippen molar-refractivity contribution in [3.05, 3.63) is 23.6 Å². The molecule has 0 radical (unpaired) electrons. The molecule has 7 heteroatoms. The zero-order valence-electron chi connectivity index (χ0n) is 11.4. The normalized spacial score (nSPS) is 12.0. The monoisotopic (exact) mass is 283 g/mol. The first-order valence-corrected chi connectivity index (χ1v) is 6.80. The van der Waals surface area contributed by atoms with Crippen LogP contribution in [0.15, 0.2) is 10.7 Å². The molecule has 0 spiro atoms. The molecule has 0 saturated carbocycles. The second-order valence-electron chi connectivity index (χ2n) is 5.46. The van der Waals surface area contributed by atoms with E-state index in [2.05, 4.69) is 20.5 Å². The van der Waals surface area contributed by atoms with E-state index in [9.17, 15) is 0 Å². The minimum Gasteiger partial charge on any atom is -0.337 e. The minimum absolute atomic E-state index is 0.115. The first kappa shape index (κ1) is 14.0. The quantitative estimate of drug-likeness (QED) is 0.787. The topological polar surface area (TPSA) is 69.6 Å². The van der Waals surface area contributed by atoms with Gasteiger partial charge in [-0.3, -0.25) is 0 Å². The van der Waals surface area contributed by atoms with Crippen molar-refractivity contribution in [1.29, 1.82) is 0 Å². The summed E-state index contributed by atoms with van der Waals surface area (Å²) in [6.07, 6.45) is 3.61. The lowest BCUT2D eigenvalue weighted by Gasteiger charge is -2.10. The number of aromatic nitrogens is 5. The molecule has 0 fully saturated rings. The zero-order valence-corrected chi connectivity index (χ0v) is 12.2. The Morgan fingerprint density at radius 2 is 2.16 bits per heavy atom. The van der Waals surface area contributed by atoms with Gasteiger partial charge in [0.2, 0.25) is 5.89 Å². The molecule has 104 valence electrons. The van der Waals surface area contributed by atoms with Crippen LogP contribution in [-0.4, -0.2) is 31.0 Å². The molecule has 0 aliphatic carbocycles. The molecule has 0 N–H and O–H groups in total. The third-order valence-corrected chi connectivity index (χ3v) is 2.86. The maximum absolute atomic E-state index is 5.65.